The van der Waals surface area contributed by atoms with Gasteiger partial charge >= 0.3 is 12.3 Å². The van der Waals surface area contributed by atoms with E-state index in [1.165, 1.54) is 0 Å². The van der Waals surface area contributed by atoms with Crippen LogP contribution in [0.5, 0.6) is 0 Å². The molecule has 1 heterocycles. The number of aromatic nitrogens is 2. The maximum Gasteiger partial charge on any atom is 0.422 e. The van der Waals surface area contributed by atoms with Gasteiger partial charge in [0.2, 0.25) is 0 Å². The van der Waals surface area contributed by atoms with Crippen LogP contribution in [-0.2, 0) is 11.3 Å². The molecule has 1 amide bonds. The van der Waals surface area contributed by atoms with Crippen LogP contribution in [-0.4, -0.2) is 35.2 Å². The normalized spacial score (nSPS) is 11.4. The van der Waals surface area contributed by atoms with E-state index in [9.17, 15) is 18.0 Å². The van der Waals surface area contributed by atoms with Crippen LogP contribution < -0.4 is 5.32 Å². The number of rotatable bonds is 5. The first-order valence-corrected chi connectivity index (χ1v) is 5.76. The highest BCUT2D eigenvalue weighted by Gasteiger charge is 2.29. The van der Waals surface area contributed by atoms with Crippen molar-refractivity contribution >= 4 is 6.09 Å². The summed E-state index contributed by atoms with van der Waals surface area (Å²) in [6.07, 6.45) is -5.00. The molecular weight excluding hydrogens is 263 g/mol. The third kappa shape index (κ3) is 6.12. The quantitative estimate of drug-likeness (QED) is 0.840. The molecule has 1 aromatic rings. The standard InChI is InChI=1S/C11H16F3N3O2/c1-8-6-9(2)17(16-8)5-3-4-15-10(18)19-7-11(12,13)14/h6H,3-5,7H2,1-2H3,(H,15,18). The van der Waals surface area contributed by atoms with Crippen molar-refractivity contribution in [2.24, 2.45) is 0 Å². The highest BCUT2D eigenvalue weighted by Crippen LogP contribution is 2.14. The Bertz CT molecular complexity index is 429. The summed E-state index contributed by atoms with van der Waals surface area (Å²) < 4.78 is 41.0. The van der Waals surface area contributed by atoms with E-state index in [4.69, 9.17) is 0 Å². The lowest BCUT2D eigenvalue weighted by Crippen LogP contribution is -2.30. The fourth-order valence-corrected chi connectivity index (χ4v) is 1.52. The molecule has 1 N–H and O–H groups in total. The van der Waals surface area contributed by atoms with E-state index in [-0.39, 0.29) is 6.54 Å². The number of carbonyl (C=O) groups is 1. The Hall–Kier alpha value is -1.73. The SMILES string of the molecule is Cc1cc(C)n(CCCNC(=O)OCC(F)(F)F)n1. The highest BCUT2D eigenvalue weighted by atomic mass is 19.4. The maximum atomic E-state index is 11.8. The smallest absolute Gasteiger partial charge is 0.422 e. The number of hydrogen-bond donors (Lipinski definition) is 1. The summed E-state index contributed by atoms with van der Waals surface area (Å²) in [6.45, 7) is 3.02. The van der Waals surface area contributed by atoms with Gasteiger partial charge in [-0.1, -0.05) is 0 Å². The predicted molar refractivity (Wildman–Crippen MR) is 61.7 cm³/mol. The van der Waals surface area contributed by atoms with Gasteiger partial charge in [0.1, 0.15) is 0 Å². The summed E-state index contributed by atoms with van der Waals surface area (Å²) in [5.74, 6) is 0. The van der Waals surface area contributed by atoms with Gasteiger partial charge < -0.3 is 10.1 Å². The Morgan fingerprint density at radius 2 is 2.16 bits per heavy atom. The predicted octanol–water partition coefficient (Wildman–Crippen LogP) is 2.18. The van der Waals surface area contributed by atoms with Gasteiger partial charge in [-0.25, -0.2) is 4.79 Å². The van der Waals surface area contributed by atoms with Crippen LogP contribution >= 0.6 is 0 Å². The number of nitrogens with one attached hydrogen (secondary N) is 1. The van der Waals surface area contributed by atoms with Crippen molar-refractivity contribution in [2.75, 3.05) is 13.2 Å². The van der Waals surface area contributed by atoms with Gasteiger partial charge in [-0.2, -0.15) is 18.3 Å². The maximum absolute atomic E-state index is 11.8. The fourth-order valence-electron chi connectivity index (χ4n) is 1.52. The van der Waals surface area contributed by atoms with Crippen LogP contribution in [0.2, 0.25) is 0 Å². The molecule has 0 saturated heterocycles. The Labute approximate surface area is 108 Å². The van der Waals surface area contributed by atoms with Crippen LogP contribution in [0.1, 0.15) is 17.8 Å². The van der Waals surface area contributed by atoms with E-state index in [1.54, 1.807) is 4.68 Å². The largest absolute Gasteiger partial charge is 0.440 e. The molecule has 5 nitrogen and oxygen atoms in total. The molecule has 1 rings (SSSR count). The fraction of sp³-hybridized carbons (Fsp3) is 0.636. The zero-order chi connectivity index (χ0) is 14.5. The van der Waals surface area contributed by atoms with Crippen LogP contribution in [0.3, 0.4) is 0 Å². The van der Waals surface area contributed by atoms with Gasteiger partial charge in [-0.3, -0.25) is 4.68 Å². The number of alkyl carbamates (subject to hydrolysis) is 1. The van der Waals surface area contributed by atoms with Gasteiger partial charge in [0.15, 0.2) is 6.61 Å². The first-order chi connectivity index (χ1) is 8.78. The van der Waals surface area contributed by atoms with Gasteiger partial charge in [0.05, 0.1) is 5.69 Å². The number of aryl methyl sites for hydroxylation is 3. The molecule has 0 aliphatic rings. The minimum atomic E-state index is -4.50. The van der Waals surface area contributed by atoms with E-state index >= 15 is 0 Å². The lowest BCUT2D eigenvalue weighted by molar-refractivity contribution is -0.160. The number of amides is 1. The zero-order valence-electron chi connectivity index (χ0n) is 10.8. The topological polar surface area (TPSA) is 56.2 Å². The zero-order valence-corrected chi connectivity index (χ0v) is 10.8. The summed E-state index contributed by atoms with van der Waals surface area (Å²) >= 11 is 0. The van der Waals surface area contributed by atoms with Crippen molar-refractivity contribution in [1.29, 1.82) is 0 Å². The molecular formula is C11H16F3N3O2. The van der Waals surface area contributed by atoms with Crippen molar-refractivity contribution in [3.63, 3.8) is 0 Å². The number of alkyl halides is 3. The highest BCUT2D eigenvalue weighted by molar-refractivity contribution is 5.67. The molecule has 0 atom stereocenters. The molecule has 0 unspecified atom stereocenters. The molecule has 0 aliphatic heterocycles. The number of ether oxygens (including phenoxy) is 1. The Kier molecular flexibility index (Phi) is 5.20. The van der Waals surface area contributed by atoms with Gasteiger partial charge in [0.25, 0.3) is 0 Å². The van der Waals surface area contributed by atoms with Crippen LogP contribution in [0, 0.1) is 13.8 Å². The molecule has 0 spiro atoms. The molecule has 0 aliphatic carbocycles. The molecule has 8 heteroatoms. The molecule has 0 aromatic carbocycles. The van der Waals surface area contributed by atoms with Gasteiger partial charge in [-0.05, 0) is 26.3 Å². The second-order valence-corrected chi connectivity index (χ2v) is 4.12. The second-order valence-electron chi connectivity index (χ2n) is 4.12. The molecule has 0 bridgehead atoms. The molecule has 0 fully saturated rings. The minimum Gasteiger partial charge on any atom is -0.440 e. The van der Waals surface area contributed by atoms with Gasteiger partial charge in [0, 0.05) is 18.8 Å². The molecule has 0 radical (unpaired) electrons. The van der Waals surface area contributed by atoms with Crippen molar-refractivity contribution in [2.45, 2.75) is 33.0 Å². The van der Waals surface area contributed by atoms with E-state index in [0.29, 0.717) is 13.0 Å². The minimum absolute atomic E-state index is 0.231. The van der Waals surface area contributed by atoms with Gasteiger partial charge in [-0.15, -0.1) is 0 Å². The van der Waals surface area contributed by atoms with E-state index < -0.39 is 18.9 Å². The summed E-state index contributed by atoms with van der Waals surface area (Å²) in [5.41, 5.74) is 1.90. The van der Waals surface area contributed by atoms with E-state index in [1.807, 2.05) is 19.9 Å². The number of nitrogens with zero attached hydrogens (tertiary/aromatic N) is 2. The van der Waals surface area contributed by atoms with Crippen molar-refractivity contribution < 1.29 is 22.7 Å². The summed E-state index contributed by atoms with van der Waals surface area (Å²) in [6, 6.07) is 1.92. The van der Waals surface area contributed by atoms with Crippen LogP contribution in [0.15, 0.2) is 6.07 Å². The lowest BCUT2D eigenvalue weighted by Gasteiger charge is -2.09. The third-order valence-corrected chi connectivity index (χ3v) is 2.29. The number of halogens is 3. The van der Waals surface area contributed by atoms with Crippen LogP contribution in [0.4, 0.5) is 18.0 Å². The Balaban J connectivity index is 2.17. The summed E-state index contributed by atoms with van der Waals surface area (Å²) in [5, 5.41) is 6.47. The Morgan fingerprint density at radius 3 is 2.68 bits per heavy atom. The first-order valence-electron chi connectivity index (χ1n) is 5.76. The van der Waals surface area contributed by atoms with E-state index in [2.05, 4.69) is 15.2 Å². The monoisotopic (exact) mass is 279 g/mol. The van der Waals surface area contributed by atoms with E-state index in [0.717, 1.165) is 11.4 Å². The van der Waals surface area contributed by atoms with Crippen molar-refractivity contribution in [1.82, 2.24) is 15.1 Å². The number of carbonyl (C=O) groups excluding carboxylic acids is 1. The lowest BCUT2D eigenvalue weighted by atomic mass is 10.4. The van der Waals surface area contributed by atoms with Crippen molar-refractivity contribution in [3.8, 4) is 0 Å². The van der Waals surface area contributed by atoms with Crippen LogP contribution in [0.25, 0.3) is 0 Å². The molecule has 0 saturated carbocycles. The average molecular weight is 279 g/mol. The Morgan fingerprint density at radius 1 is 1.47 bits per heavy atom. The summed E-state index contributed by atoms with van der Waals surface area (Å²) in [4.78, 5) is 10.9. The van der Waals surface area contributed by atoms with Crippen molar-refractivity contribution in [3.05, 3.63) is 17.5 Å². The molecule has 108 valence electrons. The molecule has 19 heavy (non-hydrogen) atoms. The molecule has 1 aromatic heterocycles. The number of hydrogen-bond acceptors (Lipinski definition) is 3. The second kappa shape index (κ2) is 6.44. The average Bonchev–Trinajstić information content (AvgIpc) is 2.60. The summed E-state index contributed by atoms with van der Waals surface area (Å²) in [7, 11) is 0. The third-order valence-electron chi connectivity index (χ3n) is 2.29. The first kappa shape index (κ1) is 15.3.